The third-order valence-electron chi connectivity index (χ3n) is 2.69. The number of ether oxygens (including phenoxy) is 1. The molecular weight excluding hydrogens is 236 g/mol. The van der Waals surface area contributed by atoms with E-state index in [4.69, 9.17) is 9.84 Å². The lowest BCUT2D eigenvalue weighted by molar-refractivity contribution is -0.137. The van der Waals surface area contributed by atoms with Gasteiger partial charge < -0.3 is 9.84 Å². The fourth-order valence-electron chi connectivity index (χ4n) is 1.65. The zero-order valence-corrected chi connectivity index (χ0v) is 10.4. The van der Waals surface area contributed by atoms with E-state index in [9.17, 15) is 4.79 Å². The first-order valence-corrected chi connectivity index (χ1v) is 6.94. The van der Waals surface area contributed by atoms with Crippen molar-refractivity contribution in [3.8, 4) is 5.75 Å². The Hall–Kier alpha value is -1.16. The maximum absolute atomic E-state index is 10.4. The topological polar surface area (TPSA) is 46.5 Å². The van der Waals surface area contributed by atoms with Crippen LogP contribution in [0.2, 0.25) is 0 Å². The predicted molar refractivity (Wildman–Crippen MR) is 68.8 cm³/mol. The highest BCUT2D eigenvalue weighted by atomic mass is 32.2. The van der Waals surface area contributed by atoms with Crippen LogP contribution in [0.3, 0.4) is 0 Å². The SMILES string of the molecule is O=C(O)CCCc1ccc(OC2CSC2)cc1. The molecule has 1 aliphatic rings. The van der Waals surface area contributed by atoms with Gasteiger partial charge in [-0.1, -0.05) is 12.1 Å². The summed E-state index contributed by atoms with van der Waals surface area (Å²) in [5, 5.41) is 8.55. The van der Waals surface area contributed by atoms with Gasteiger partial charge >= 0.3 is 5.97 Å². The summed E-state index contributed by atoms with van der Waals surface area (Å²) >= 11 is 1.90. The molecule has 0 unspecified atom stereocenters. The average molecular weight is 252 g/mol. The van der Waals surface area contributed by atoms with Gasteiger partial charge in [0.2, 0.25) is 0 Å². The number of rotatable bonds is 6. The van der Waals surface area contributed by atoms with Crippen LogP contribution >= 0.6 is 11.8 Å². The van der Waals surface area contributed by atoms with Gasteiger partial charge in [0, 0.05) is 17.9 Å². The van der Waals surface area contributed by atoms with Crippen LogP contribution in [0.5, 0.6) is 5.75 Å². The fraction of sp³-hybridized carbons (Fsp3) is 0.462. The van der Waals surface area contributed by atoms with Crippen LogP contribution in [-0.4, -0.2) is 28.7 Å². The lowest BCUT2D eigenvalue weighted by Gasteiger charge is -2.25. The summed E-state index contributed by atoms with van der Waals surface area (Å²) in [6.07, 6.45) is 2.11. The van der Waals surface area contributed by atoms with E-state index < -0.39 is 5.97 Å². The van der Waals surface area contributed by atoms with E-state index in [0.717, 1.165) is 23.7 Å². The van der Waals surface area contributed by atoms with Gasteiger partial charge in [0.15, 0.2) is 0 Å². The number of carbonyl (C=O) groups is 1. The first-order valence-electron chi connectivity index (χ1n) is 5.79. The molecule has 2 rings (SSSR count). The monoisotopic (exact) mass is 252 g/mol. The minimum Gasteiger partial charge on any atom is -0.489 e. The quantitative estimate of drug-likeness (QED) is 0.845. The highest BCUT2D eigenvalue weighted by Crippen LogP contribution is 2.24. The van der Waals surface area contributed by atoms with E-state index >= 15 is 0 Å². The highest BCUT2D eigenvalue weighted by molar-refractivity contribution is 8.00. The largest absolute Gasteiger partial charge is 0.489 e. The third kappa shape index (κ3) is 3.97. The van der Waals surface area contributed by atoms with Gasteiger partial charge in [-0.15, -0.1) is 0 Å². The minimum atomic E-state index is -0.729. The molecule has 0 radical (unpaired) electrons. The van der Waals surface area contributed by atoms with E-state index in [1.54, 1.807) is 0 Å². The van der Waals surface area contributed by atoms with Gasteiger partial charge in [-0.25, -0.2) is 0 Å². The number of thioether (sulfide) groups is 1. The number of benzene rings is 1. The smallest absolute Gasteiger partial charge is 0.303 e. The summed E-state index contributed by atoms with van der Waals surface area (Å²) in [7, 11) is 0. The zero-order chi connectivity index (χ0) is 12.1. The first kappa shape index (κ1) is 12.3. The first-order chi connectivity index (χ1) is 8.24. The van der Waals surface area contributed by atoms with Gasteiger partial charge in [-0.05, 0) is 30.5 Å². The van der Waals surface area contributed by atoms with Gasteiger partial charge in [-0.2, -0.15) is 11.8 Å². The molecule has 1 saturated heterocycles. The molecule has 4 heteroatoms. The standard InChI is InChI=1S/C13H16O3S/c14-13(15)3-1-2-10-4-6-11(7-5-10)16-12-8-17-9-12/h4-7,12H,1-3,8-9H2,(H,14,15). The van der Waals surface area contributed by atoms with Crippen LogP contribution < -0.4 is 4.74 Å². The Balaban J connectivity index is 1.78. The fourth-order valence-corrected chi connectivity index (χ4v) is 2.22. The van der Waals surface area contributed by atoms with Crippen molar-refractivity contribution < 1.29 is 14.6 Å². The molecule has 1 heterocycles. The number of hydrogen-bond donors (Lipinski definition) is 1. The van der Waals surface area contributed by atoms with E-state index in [2.05, 4.69) is 0 Å². The highest BCUT2D eigenvalue weighted by Gasteiger charge is 2.19. The molecular formula is C13H16O3S. The molecule has 0 saturated carbocycles. The van der Waals surface area contributed by atoms with Crippen LogP contribution in [0.4, 0.5) is 0 Å². The molecule has 1 N–H and O–H groups in total. The zero-order valence-electron chi connectivity index (χ0n) is 9.59. The van der Waals surface area contributed by atoms with Crippen molar-refractivity contribution >= 4 is 17.7 Å². The number of aryl methyl sites for hydroxylation is 1. The normalized spacial score (nSPS) is 15.3. The third-order valence-corrected chi connectivity index (χ3v) is 3.90. The van der Waals surface area contributed by atoms with Gasteiger partial charge in [0.05, 0.1) is 0 Å². The molecule has 3 nitrogen and oxygen atoms in total. The molecule has 1 aromatic carbocycles. The van der Waals surface area contributed by atoms with Crippen LogP contribution in [0.25, 0.3) is 0 Å². The lowest BCUT2D eigenvalue weighted by Crippen LogP contribution is -2.30. The summed E-state index contributed by atoms with van der Waals surface area (Å²) in [5.41, 5.74) is 1.17. The number of carboxylic acid groups (broad SMARTS) is 1. The van der Waals surface area contributed by atoms with Crippen molar-refractivity contribution in [2.24, 2.45) is 0 Å². The lowest BCUT2D eigenvalue weighted by atomic mass is 10.1. The Labute approximate surface area is 105 Å². The Morgan fingerprint density at radius 1 is 1.35 bits per heavy atom. The maximum Gasteiger partial charge on any atom is 0.303 e. The molecule has 0 aliphatic carbocycles. The number of hydrogen-bond acceptors (Lipinski definition) is 3. The van der Waals surface area contributed by atoms with Crippen molar-refractivity contribution in [3.05, 3.63) is 29.8 Å². The van der Waals surface area contributed by atoms with E-state index in [0.29, 0.717) is 12.5 Å². The molecule has 1 aromatic rings. The summed E-state index contributed by atoms with van der Waals surface area (Å²) in [6.45, 7) is 0. The molecule has 0 bridgehead atoms. The minimum absolute atomic E-state index is 0.234. The molecule has 92 valence electrons. The molecule has 0 atom stereocenters. The van der Waals surface area contributed by atoms with Crippen LogP contribution in [-0.2, 0) is 11.2 Å². The average Bonchev–Trinajstić information content (AvgIpc) is 2.25. The number of aliphatic carboxylic acids is 1. The van der Waals surface area contributed by atoms with Gasteiger partial charge in [-0.3, -0.25) is 4.79 Å². The molecule has 0 spiro atoms. The number of carboxylic acids is 1. The second-order valence-electron chi connectivity index (χ2n) is 4.17. The summed E-state index contributed by atoms with van der Waals surface area (Å²) in [6, 6.07) is 7.98. The summed E-state index contributed by atoms with van der Waals surface area (Å²) in [5.74, 6) is 2.35. The van der Waals surface area contributed by atoms with Gasteiger partial charge in [0.25, 0.3) is 0 Å². The molecule has 0 amide bonds. The van der Waals surface area contributed by atoms with Crippen molar-refractivity contribution in [1.82, 2.24) is 0 Å². The summed E-state index contributed by atoms with van der Waals surface area (Å²) in [4.78, 5) is 10.4. The Morgan fingerprint density at radius 2 is 2.06 bits per heavy atom. The molecule has 1 aliphatic heterocycles. The maximum atomic E-state index is 10.4. The Kier molecular flexibility index (Phi) is 4.31. The molecule has 17 heavy (non-hydrogen) atoms. The molecule has 1 fully saturated rings. The van der Waals surface area contributed by atoms with Gasteiger partial charge in [0.1, 0.15) is 11.9 Å². The van der Waals surface area contributed by atoms with Crippen LogP contribution in [0.1, 0.15) is 18.4 Å². The van der Waals surface area contributed by atoms with Crippen LogP contribution in [0.15, 0.2) is 24.3 Å². The molecule has 0 aromatic heterocycles. The van der Waals surface area contributed by atoms with E-state index in [1.165, 1.54) is 5.56 Å². The van der Waals surface area contributed by atoms with Crippen LogP contribution in [0, 0.1) is 0 Å². The van der Waals surface area contributed by atoms with Crippen molar-refractivity contribution in [2.45, 2.75) is 25.4 Å². The van der Waals surface area contributed by atoms with Crippen molar-refractivity contribution in [1.29, 1.82) is 0 Å². The van der Waals surface area contributed by atoms with Crippen molar-refractivity contribution in [2.75, 3.05) is 11.5 Å². The Morgan fingerprint density at radius 3 is 2.59 bits per heavy atom. The van der Waals surface area contributed by atoms with Crippen molar-refractivity contribution in [3.63, 3.8) is 0 Å². The van der Waals surface area contributed by atoms with E-state index in [-0.39, 0.29) is 6.42 Å². The summed E-state index contributed by atoms with van der Waals surface area (Å²) < 4.78 is 5.73. The second-order valence-corrected chi connectivity index (χ2v) is 5.24. The Bertz CT molecular complexity index is 371. The van der Waals surface area contributed by atoms with E-state index in [1.807, 2.05) is 36.0 Å². The second kappa shape index (κ2) is 5.96. The predicted octanol–water partition coefficient (Wildman–Crippen LogP) is 2.59.